The number of nitrogens with zero attached hydrogens (tertiary/aromatic N) is 5. The zero-order valence-corrected chi connectivity index (χ0v) is 36.7. The van der Waals surface area contributed by atoms with Gasteiger partial charge in [-0.25, -0.2) is 4.85 Å². The van der Waals surface area contributed by atoms with Gasteiger partial charge in [0, 0.05) is 45.5 Å². The Morgan fingerprint density at radius 2 is 0.970 bits per heavy atom. The third-order valence-electron chi connectivity index (χ3n) is 13.3. The van der Waals surface area contributed by atoms with Crippen LogP contribution in [0.4, 0.5) is 5.69 Å². The molecule has 0 spiro atoms. The number of benzene rings is 9. The molecule has 5 nitrogen and oxygen atoms in total. The summed E-state index contributed by atoms with van der Waals surface area (Å²) in [5.74, 6) is 0. The van der Waals surface area contributed by atoms with Crippen LogP contribution < -0.4 is 0 Å². The van der Waals surface area contributed by atoms with Gasteiger partial charge >= 0.3 is 0 Å². The van der Waals surface area contributed by atoms with E-state index in [0.717, 1.165) is 88.4 Å². The Balaban J connectivity index is 1.08. The fourth-order valence-electron chi connectivity index (χ4n) is 10.5. The van der Waals surface area contributed by atoms with Crippen LogP contribution in [0, 0.1) is 17.9 Å². The largest absolute Gasteiger partial charge is 0.309 e. The first-order chi connectivity index (χ1) is 32.3. The quantitative estimate of drug-likeness (QED) is 0.128. The monoisotopic (exact) mass is 843 g/mol. The van der Waals surface area contributed by atoms with Crippen molar-refractivity contribution in [1.29, 1.82) is 5.26 Å². The topological polar surface area (TPSA) is 50.9 Å². The van der Waals surface area contributed by atoms with Crippen LogP contribution in [-0.4, -0.2) is 14.1 Å². The summed E-state index contributed by atoms with van der Waals surface area (Å²) in [6.45, 7) is 14.8. The summed E-state index contributed by atoms with van der Waals surface area (Å²) in [5.41, 5.74) is 15.6. The number of nitriles is 1. The van der Waals surface area contributed by atoms with Crippen molar-refractivity contribution < 1.29 is 0 Å². The summed E-state index contributed by atoms with van der Waals surface area (Å²) in [4.78, 5) is 8.44. The van der Waals surface area contributed by atoms with Gasteiger partial charge in [0.25, 0.3) is 0 Å². The molecule has 0 radical (unpaired) electrons. The van der Waals surface area contributed by atoms with Crippen LogP contribution in [0.15, 0.2) is 194 Å². The van der Waals surface area contributed by atoms with Gasteiger partial charge in [0.05, 0.1) is 40.3 Å². The van der Waals surface area contributed by atoms with Crippen molar-refractivity contribution in [1.82, 2.24) is 14.1 Å². The fraction of sp³-hybridized carbons (Fsp3) is 0.0656. The zero-order chi connectivity index (χ0) is 44.7. The Morgan fingerprint density at radius 3 is 1.52 bits per heavy atom. The summed E-state index contributed by atoms with van der Waals surface area (Å²) in [5, 5.41) is 19.0. The first-order valence-electron chi connectivity index (χ1n) is 22.3. The van der Waals surface area contributed by atoms with Crippen LogP contribution in [0.2, 0.25) is 0 Å². The molecule has 12 aromatic rings. The van der Waals surface area contributed by atoms with Crippen LogP contribution >= 0.6 is 0 Å². The van der Waals surface area contributed by atoms with Gasteiger partial charge < -0.3 is 9.13 Å². The summed E-state index contributed by atoms with van der Waals surface area (Å²) >= 11 is 0. The van der Waals surface area contributed by atoms with Crippen LogP contribution in [0.3, 0.4) is 0 Å². The summed E-state index contributed by atoms with van der Waals surface area (Å²) < 4.78 is 4.59. The molecule has 9 aromatic carbocycles. The number of hydrogen-bond donors (Lipinski definition) is 0. The predicted octanol–water partition coefficient (Wildman–Crippen LogP) is 16.3. The molecule has 310 valence electrons. The lowest BCUT2D eigenvalue weighted by molar-refractivity contribution is 0.601. The summed E-state index contributed by atoms with van der Waals surface area (Å²) in [7, 11) is 0. The SMILES string of the molecule is [C-]#[N+]c1ccc2c(c1)c1cc(-c3ccc4c(C(C)(C)C)c5cc(-c6ccc7c(c6)c6cc(C#N)ccc6n7-c6ccccc6)ccc5c(-c5cccnc5)c4c3)ccc1n2-c1ccccc1. The number of para-hydroxylation sites is 2. The minimum atomic E-state index is -0.205. The summed E-state index contributed by atoms with van der Waals surface area (Å²) in [6, 6.07) is 66.9. The van der Waals surface area contributed by atoms with E-state index in [2.05, 4.69) is 185 Å². The molecular weight excluding hydrogens is 803 g/mol. The van der Waals surface area contributed by atoms with Crippen LogP contribution in [0.5, 0.6) is 0 Å². The maximum atomic E-state index is 9.93. The van der Waals surface area contributed by atoms with Gasteiger partial charge in [0.15, 0.2) is 5.69 Å². The molecule has 0 unspecified atom stereocenters. The first kappa shape index (κ1) is 38.9. The van der Waals surface area contributed by atoms with Gasteiger partial charge in [-0.05, 0) is 163 Å². The minimum absolute atomic E-state index is 0.205. The third kappa shape index (κ3) is 6.10. The maximum absolute atomic E-state index is 9.93. The first-order valence-corrected chi connectivity index (χ1v) is 22.3. The third-order valence-corrected chi connectivity index (χ3v) is 13.3. The molecule has 0 saturated heterocycles. The van der Waals surface area contributed by atoms with Gasteiger partial charge in [0.2, 0.25) is 0 Å². The van der Waals surface area contributed by atoms with Crippen LogP contribution in [0.25, 0.3) is 115 Å². The van der Waals surface area contributed by atoms with Gasteiger partial charge in [-0.3, -0.25) is 4.98 Å². The van der Waals surface area contributed by atoms with Crippen LogP contribution in [-0.2, 0) is 5.41 Å². The molecule has 0 amide bonds. The zero-order valence-electron chi connectivity index (χ0n) is 36.7. The number of rotatable bonds is 5. The number of pyridine rings is 1. The maximum Gasteiger partial charge on any atom is 0.188 e. The number of hydrogen-bond acceptors (Lipinski definition) is 2. The van der Waals surface area contributed by atoms with E-state index < -0.39 is 0 Å². The molecule has 0 fully saturated rings. The molecule has 3 heterocycles. The number of fused-ring (bicyclic) bond motifs is 8. The highest BCUT2D eigenvalue weighted by molar-refractivity contribution is 6.18. The van der Waals surface area contributed by atoms with Gasteiger partial charge in [-0.15, -0.1) is 0 Å². The van der Waals surface area contributed by atoms with E-state index in [1.807, 2.05) is 54.9 Å². The van der Waals surface area contributed by atoms with Crippen molar-refractivity contribution in [3.63, 3.8) is 0 Å². The molecule has 5 heteroatoms. The van der Waals surface area contributed by atoms with Crippen molar-refractivity contribution in [2.24, 2.45) is 0 Å². The highest BCUT2D eigenvalue weighted by Crippen LogP contribution is 2.47. The van der Waals surface area contributed by atoms with E-state index >= 15 is 0 Å². The van der Waals surface area contributed by atoms with E-state index in [4.69, 9.17) is 6.57 Å². The molecule has 0 N–H and O–H groups in total. The standard InChI is InChI=1S/C61H41N5/c1-61(2,3)60-48-24-19-39(41-20-27-57-51(32-41)52-35-44(63-4)22-28-58(52)66(57)46-15-9-6-10-16-46)33-53(48)59(43-12-11-29-64-37-43)47-23-18-40(34-54(47)60)42-21-26-56-50(31-42)49-30-38(36-62)17-25-55(49)65(56)45-13-7-5-8-14-45/h5-35,37H,1-3H3. The molecule has 0 aliphatic rings. The van der Waals surface area contributed by atoms with E-state index in [9.17, 15) is 5.26 Å². The number of aromatic nitrogens is 3. The van der Waals surface area contributed by atoms with Crippen molar-refractivity contribution in [2.75, 3.05) is 0 Å². The average molecular weight is 844 g/mol. The molecule has 66 heavy (non-hydrogen) atoms. The van der Waals surface area contributed by atoms with E-state index in [0.29, 0.717) is 11.3 Å². The lowest BCUT2D eigenvalue weighted by Gasteiger charge is -2.27. The minimum Gasteiger partial charge on any atom is -0.309 e. The van der Waals surface area contributed by atoms with Gasteiger partial charge in [0.1, 0.15) is 0 Å². The molecule has 0 bridgehead atoms. The fourth-order valence-corrected chi connectivity index (χ4v) is 10.5. The lowest BCUT2D eigenvalue weighted by atomic mass is 9.77. The van der Waals surface area contributed by atoms with Crippen molar-refractivity contribution in [3.8, 4) is 50.8 Å². The molecule has 3 aromatic heterocycles. The Labute approximate surface area is 382 Å². The second-order valence-corrected chi connectivity index (χ2v) is 18.2. The second kappa shape index (κ2) is 14.9. The lowest BCUT2D eigenvalue weighted by Crippen LogP contribution is -2.13. The highest BCUT2D eigenvalue weighted by Gasteiger charge is 2.25. The summed E-state index contributed by atoms with van der Waals surface area (Å²) in [6.07, 6.45) is 3.82. The van der Waals surface area contributed by atoms with Crippen molar-refractivity contribution in [2.45, 2.75) is 26.2 Å². The Kier molecular flexibility index (Phi) is 8.79. The van der Waals surface area contributed by atoms with Crippen molar-refractivity contribution in [3.05, 3.63) is 217 Å². The molecule has 12 rings (SSSR count). The predicted molar refractivity (Wildman–Crippen MR) is 274 cm³/mol. The van der Waals surface area contributed by atoms with E-state index in [1.54, 1.807) is 0 Å². The highest BCUT2D eigenvalue weighted by atomic mass is 15.0. The van der Waals surface area contributed by atoms with E-state index in [-0.39, 0.29) is 5.41 Å². The normalized spacial score (nSPS) is 11.8. The van der Waals surface area contributed by atoms with Crippen molar-refractivity contribution >= 4 is 70.8 Å². The average Bonchev–Trinajstić information content (AvgIpc) is 3.86. The Bertz CT molecular complexity index is 4030. The van der Waals surface area contributed by atoms with E-state index in [1.165, 1.54) is 27.1 Å². The van der Waals surface area contributed by atoms with Gasteiger partial charge in [-0.1, -0.05) is 106 Å². The molecule has 0 aliphatic heterocycles. The Hall–Kier alpha value is -8.77. The van der Waals surface area contributed by atoms with Gasteiger partial charge in [-0.2, -0.15) is 5.26 Å². The van der Waals surface area contributed by atoms with Crippen LogP contribution in [0.1, 0.15) is 31.9 Å². The molecule has 0 saturated carbocycles. The second-order valence-electron chi connectivity index (χ2n) is 18.2. The molecule has 0 aliphatic carbocycles. The molecule has 0 atom stereocenters. The smallest absolute Gasteiger partial charge is 0.188 e. The Morgan fingerprint density at radius 1 is 0.470 bits per heavy atom. The molecular formula is C61H41N5.